The second kappa shape index (κ2) is 9.57. The smallest absolute Gasteiger partial charge is 0.274 e. The average molecular weight is 460 g/mol. The van der Waals surface area contributed by atoms with Gasteiger partial charge in [-0.15, -0.1) is 0 Å². The lowest BCUT2D eigenvalue weighted by molar-refractivity contribution is -0.135. The van der Waals surface area contributed by atoms with Gasteiger partial charge in [-0.1, -0.05) is 67.2 Å². The first kappa shape index (κ1) is 22.1. The van der Waals surface area contributed by atoms with E-state index in [0.717, 1.165) is 31.2 Å². The van der Waals surface area contributed by atoms with E-state index in [2.05, 4.69) is 5.10 Å². The number of hydroxylamine groups is 1. The van der Waals surface area contributed by atoms with Crippen LogP contribution >= 0.6 is 23.2 Å². The van der Waals surface area contributed by atoms with Crippen molar-refractivity contribution in [3.8, 4) is 0 Å². The highest BCUT2D eigenvalue weighted by atomic mass is 35.5. The highest BCUT2D eigenvalue weighted by molar-refractivity contribution is 6.40. The molecule has 0 aliphatic carbocycles. The Balaban J connectivity index is 1.69. The molecular formula is C23H25Cl2N4O2-. The Morgan fingerprint density at radius 1 is 1.03 bits per heavy atom. The van der Waals surface area contributed by atoms with Crippen LogP contribution < -0.4 is 5.01 Å². The molecule has 1 amide bonds. The van der Waals surface area contributed by atoms with Crippen molar-refractivity contribution in [2.45, 2.75) is 38.6 Å². The third kappa shape index (κ3) is 4.58. The van der Waals surface area contributed by atoms with Crippen LogP contribution in [0.3, 0.4) is 0 Å². The summed E-state index contributed by atoms with van der Waals surface area (Å²) in [6, 6.07) is 14.5. The molecule has 2 aliphatic heterocycles. The Bertz CT molecular complexity index is 958. The first-order valence-electron chi connectivity index (χ1n) is 10.6. The maximum absolute atomic E-state index is 13.2. The SMILES string of the molecule is C[C@@H]1C(C(=O)N([O-])N2CCCCCC2)=NN(c2ccccc2Cl)[C@@H]1c1ccc(Cl)cc1. The lowest BCUT2D eigenvalue weighted by Crippen LogP contribution is -2.47. The van der Waals surface area contributed by atoms with Crippen LogP contribution in [-0.4, -0.2) is 34.9 Å². The minimum absolute atomic E-state index is 0.235. The molecule has 0 unspecified atom stereocenters. The number of amides is 1. The zero-order valence-corrected chi connectivity index (χ0v) is 18.9. The molecule has 2 aliphatic rings. The van der Waals surface area contributed by atoms with Crippen LogP contribution in [0.2, 0.25) is 10.0 Å². The molecule has 1 fully saturated rings. The summed E-state index contributed by atoms with van der Waals surface area (Å²) < 4.78 is 0. The van der Waals surface area contributed by atoms with Crippen molar-refractivity contribution in [1.29, 1.82) is 0 Å². The van der Waals surface area contributed by atoms with Crippen molar-refractivity contribution in [1.82, 2.24) is 10.2 Å². The molecule has 2 aromatic carbocycles. The fourth-order valence-electron chi connectivity index (χ4n) is 4.26. The van der Waals surface area contributed by atoms with E-state index in [1.54, 1.807) is 16.1 Å². The monoisotopic (exact) mass is 459 g/mol. The standard InChI is InChI=1S/C23H25Cl2N4O2/c1-16-21(23(30)29(31)27-14-6-2-3-7-15-27)26-28(20-9-5-4-8-19(20)25)22(16)17-10-12-18(24)13-11-17/h4-5,8-13,16,22H,2-3,6-7,14-15H2,1H3/q-1/t16-,22+/m1/s1. The van der Waals surface area contributed by atoms with Gasteiger partial charge in [0.15, 0.2) is 0 Å². The third-order valence-corrected chi connectivity index (χ3v) is 6.50. The number of halogens is 2. The minimum Gasteiger partial charge on any atom is -0.741 e. The lowest BCUT2D eigenvalue weighted by atomic mass is 9.91. The highest BCUT2D eigenvalue weighted by Gasteiger charge is 2.40. The first-order chi connectivity index (χ1) is 15.0. The van der Waals surface area contributed by atoms with E-state index >= 15 is 0 Å². The van der Waals surface area contributed by atoms with Gasteiger partial charge in [0.25, 0.3) is 5.91 Å². The summed E-state index contributed by atoms with van der Waals surface area (Å²) in [6.45, 7) is 3.10. The largest absolute Gasteiger partial charge is 0.741 e. The summed E-state index contributed by atoms with van der Waals surface area (Å²) in [5, 5.41) is 22.6. The van der Waals surface area contributed by atoms with Gasteiger partial charge < -0.3 is 10.4 Å². The number of hydrogen-bond acceptors (Lipinski definition) is 5. The van der Waals surface area contributed by atoms with Gasteiger partial charge in [0, 0.05) is 24.0 Å². The van der Waals surface area contributed by atoms with Crippen molar-refractivity contribution in [2.75, 3.05) is 18.1 Å². The van der Waals surface area contributed by atoms with E-state index < -0.39 is 5.91 Å². The van der Waals surface area contributed by atoms with E-state index in [1.165, 1.54) is 0 Å². The fraction of sp³-hybridized carbons (Fsp3) is 0.391. The van der Waals surface area contributed by atoms with E-state index in [-0.39, 0.29) is 17.7 Å². The van der Waals surface area contributed by atoms with Crippen molar-refractivity contribution < 1.29 is 4.79 Å². The van der Waals surface area contributed by atoms with Crippen molar-refractivity contribution in [3.05, 3.63) is 69.3 Å². The molecular weight excluding hydrogens is 435 g/mol. The molecule has 4 rings (SSSR count). The molecule has 0 N–H and O–H groups in total. The van der Waals surface area contributed by atoms with Gasteiger partial charge in [-0.05, 0) is 42.7 Å². The van der Waals surface area contributed by atoms with Gasteiger partial charge >= 0.3 is 0 Å². The van der Waals surface area contributed by atoms with Gasteiger partial charge in [0.1, 0.15) is 5.71 Å². The van der Waals surface area contributed by atoms with Gasteiger partial charge in [0.2, 0.25) is 0 Å². The first-order valence-corrected chi connectivity index (χ1v) is 11.4. The zero-order valence-electron chi connectivity index (χ0n) is 17.4. The maximum atomic E-state index is 13.2. The van der Waals surface area contributed by atoms with Gasteiger partial charge in [-0.25, -0.2) is 5.01 Å². The third-order valence-electron chi connectivity index (χ3n) is 5.93. The summed E-state index contributed by atoms with van der Waals surface area (Å²) in [6.07, 6.45) is 3.98. The Labute approximate surface area is 192 Å². The summed E-state index contributed by atoms with van der Waals surface area (Å²) in [7, 11) is 0. The van der Waals surface area contributed by atoms with Crippen LogP contribution in [0.15, 0.2) is 53.6 Å². The number of nitrogens with zero attached hydrogens (tertiary/aromatic N) is 4. The summed E-state index contributed by atoms with van der Waals surface area (Å²) >= 11 is 12.5. The number of anilines is 1. The molecule has 6 nitrogen and oxygen atoms in total. The van der Waals surface area contributed by atoms with E-state index in [4.69, 9.17) is 23.2 Å². The highest BCUT2D eigenvalue weighted by Crippen LogP contribution is 2.42. The Morgan fingerprint density at radius 2 is 1.68 bits per heavy atom. The topological polar surface area (TPSA) is 62.2 Å². The summed E-state index contributed by atoms with van der Waals surface area (Å²) in [4.78, 5) is 13.2. The van der Waals surface area contributed by atoms with Crippen LogP contribution in [-0.2, 0) is 4.79 Å². The van der Waals surface area contributed by atoms with Crippen molar-refractivity contribution in [2.24, 2.45) is 11.0 Å². The van der Waals surface area contributed by atoms with Crippen LogP contribution in [0.4, 0.5) is 5.69 Å². The van der Waals surface area contributed by atoms with E-state index in [0.29, 0.717) is 34.0 Å². The van der Waals surface area contributed by atoms with Crippen LogP contribution in [0.25, 0.3) is 0 Å². The number of para-hydroxylation sites is 1. The normalized spacial score (nSPS) is 22.2. The molecule has 31 heavy (non-hydrogen) atoms. The second-order valence-corrected chi connectivity index (χ2v) is 8.86. The molecule has 0 spiro atoms. The Hall–Kier alpha value is -2.12. The van der Waals surface area contributed by atoms with Crippen LogP contribution in [0.5, 0.6) is 0 Å². The number of carbonyl (C=O) groups is 1. The van der Waals surface area contributed by atoms with Gasteiger partial charge in [-0.2, -0.15) is 5.10 Å². The number of hydrogen-bond donors (Lipinski definition) is 0. The number of rotatable bonds is 4. The Morgan fingerprint density at radius 3 is 2.32 bits per heavy atom. The number of carbonyl (C=O) groups excluding carboxylic acids is 1. The van der Waals surface area contributed by atoms with Crippen molar-refractivity contribution >= 4 is 40.5 Å². The molecule has 8 heteroatoms. The predicted octanol–water partition coefficient (Wildman–Crippen LogP) is 5.66. The molecule has 0 bridgehead atoms. The fourth-order valence-corrected chi connectivity index (χ4v) is 4.61. The number of hydrazine groups is 1. The predicted molar refractivity (Wildman–Crippen MR) is 125 cm³/mol. The van der Waals surface area contributed by atoms with Gasteiger partial charge in [-0.3, -0.25) is 9.80 Å². The van der Waals surface area contributed by atoms with Crippen molar-refractivity contribution in [3.63, 3.8) is 0 Å². The lowest BCUT2D eigenvalue weighted by Gasteiger charge is -2.39. The van der Waals surface area contributed by atoms with Crippen LogP contribution in [0.1, 0.15) is 44.2 Å². The van der Waals surface area contributed by atoms with E-state index in [9.17, 15) is 10.0 Å². The molecule has 0 saturated carbocycles. The van der Waals surface area contributed by atoms with E-state index in [1.807, 2.05) is 49.4 Å². The summed E-state index contributed by atoms with van der Waals surface area (Å²) in [5.74, 6) is -0.920. The average Bonchev–Trinajstić information content (AvgIpc) is 2.94. The molecule has 0 radical (unpaired) electrons. The molecule has 2 heterocycles. The summed E-state index contributed by atoms with van der Waals surface area (Å²) in [5.41, 5.74) is 1.86. The van der Waals surface area contributed by atoms with Gasteiger partial charge in [0.05, 0.1) is 16.8 Å². The number of benzene rings is 2. The second-order valence-electron chi connectivity index (χ2n) is 8.01. The molecule has 2 aromatic rings. The van der Waals surface area contributed by atoms with Crippen LogP contribution in [0, 0.1) is 11.1 Å². The molecule has 1 saturated heterocycles. The number of hydrazone groups is 1. The quantitative estimate of drug-likeness (QED) is 0.552. The maximum Gasteiger partial charge on any atom is 0.274 e. The zero-order chi connectivity index (χ0) is 22.0. The minimum atomic E-state index is -0.608. The molecule has 164 valence electrons. The Kier molecular flexibility index (Phi) is 6.82. The molecule has 0 aromatic heterocycles. The molecule has 2 atom stereocenters.